The average Bonchev–Trinajstić information content (AvgIpc) is 2.79. The highest BCUT2D eigenvalue weighted by atomic mass is 16.3. The lowest BCUT2D eigenvalue weighted by molar-refractivity contribution is -0.123. The maximum Gasteiger partial charge on any atom is 0.220 e. The van der Waals surface area contributed by atoms with Crippen molar-refractivity contribution in [3.63, 3.8) is 0 Å². The molecule has 0 aromatic rings. The highest BCUT2D eigenvalue weighted by molar-refractivity contribution is 5.76. The van der Waals surface area contributed by atoms with E-state index in [-0.39, 0.29) is 12.5 Å². The van der Waals surface area contributed by atoms with Gasteiger partial charge in [-0.2, -0.15) is 0 Å². The number of amides is 1. The fraction of sp³-hybridized carbons (Fsp3) is 0.821. The molecule has 0 aromatic carbocycles. The molecule has 188 valence electrons. The summed E-state index contributed by atoms with van der Waals surface area (Å²) in [7, 11) is 0. The van der Waals surface area contributed by atoms with Crippen molar-refractivity contribution in [2.45, 2.75) is 142 Å². The third-order valence-corrected chi connectivity index (χ3v) is 5.94. The number of aliphatic hydroxyl groups excluding tert-OH is 2. The first-order valence-corrected chi connectivity index (χ1v) is 13.6. The summed E-state index contributed by atoms with van der Waals surface area (Å²) >= 11 is 0. The molecule has 0 radical (unpaired) electrons. The Bertz CT molecular complexity index is 462. The van der Waals surface area contributed by atoms with Crippen LogP contribution in [0.1, 0.15) is 129 Å². The van der Waals surface area contributed by atoms with Crippen LogP contribution in [-0.4, -0.2) is 34.9 Å². The number of unbranched alkanes of at least 4 members (excludes halogenated alkanes) is 14. The quantitative estimate of drug-likeness (QED) is 0.116. The molecule has 0 aliphatic rings. The van der Waals surface area contributed by atoms with E-state index in [2.05, 4.69) is 31.3 Å². The summed E-state index contributed by atoms with van der Waals surface area (Å²) in [5, 5.41) is 22.6. The van der Waals surface area contributed by atoms with Gasteiger partial charge in [-0.15, -0.1) is 0 Å². The van der Waals surface area contributed by atoms with E-state index in [1.165, 1.54) is 77.0 Å². The largest absolute Gasteiger partial charge is 0.394 e. The van der Waals surface area contributed by atoms with E-state index in [1.807, 2.05) is 6.08 Å². The van der Waals surface area contributed by atoms with Crippen molar-refractivity contribution >= 4 is 5.91 Å². The zero-order valence-corrected chi connectivity index (χ0v) is 21.2. The van der Waals surface area contributed by atoms with Gasteiger partial charge in [0.25, 0.3) is 0 Å². The van der Waals surface area contributed by atoms with Gasteiger partial charge >= 0.3 is 0 Å². The number of rotatable bonds is 23. The van der Waals surface area contributed by atoms with Crippen molar-refractivity contribution in [1.29, 1.82) is 0 Å². The first kappa shape index (κ1) is 30.9. The lowest BCUT2D eigenvalue weighted by Crippen LogP contribution is -2.45. The van der Waals surface area contributed by atoms with Crippen LogP contribution in [0.25, 0.3) is 0 Å². The van der Waals surface area contributed by atoms with Crippen LogP contribution in [0.2, 0.25) is 0 Å². The lowest BCUT2D eigenvalue weighted by Gasteiger charge is -2.19. The van der Waals surface area contributed by atoms with Crippen molar-refractivity contribution in [3.8, 4) is 0 Å². The Kier molecular flexibility index (Phi) is 23.6. The number of aliphatic hydroxyl groups is 2. The van der Waals surface area contributed by atoms with Crippen LogP contribution < -0.4 is 5.32 Å². The Balaban J connectivity index is 3.80. The molecular weight excluding hydrogens is 398 g/mol. The Morgan fingerprint density at radius 1 is 0.719 bits per heavy atom. The van der Waals surface area contributed by atoms with Gasteiger partial charge in [0, 0.05) is 6.42 Å². The van der Waals surface area contributed by atoms with Crippen molar-refractivity contribution < 1.29 is 15.0 Å². The normalized spacial score (nSPS) is 13.8. The van der Waals surface area contributed by atoms with Crippen LogP contribution in [0.4, 0.5) is 0 Å². The van der Waals surface area contributed by atoms with Gasteiger partial charge in [0.1, 0.15) is 0 Å². The van der Waals surface area contributed by atoms with Crippen LogP contribution in [0.5, 0.6) is 0 Å². The standard InChI is InChI=1S/C28H53NO3/c1-3-5-7-9-11-13-14-16-17-19-21-23-27(31)26(25-30)29-28(32)24-22-20-18-15-12-10-8-6-4-2/h14,16,21,23,26-27,30-31H,3-13,15,17-20,22,24-25H2,1-2H3,(H,29,32)/b16-14+,23-21+/t26-,27+/m0/s1. The Morgan fingerprint density at radius 3 is 1.81 bits per heavy atom. The van der Waals surface area contributed by atoms with Crippen LogP contribution in [0.15, 0.2) is 24.3 Å². The minimum absolute atomic E-state index is 0.0821. The van der Waals surface area contributed by atoms with Crippen molar-refractivity contribution in [2.24, 2.45) is 0 Å². The number of hydrogen-bond donors (Lipinski definition) is 3. The predicted octanol–water partition coefficient (Wildman–Crippen LogP) is 7.00. The number of carbonyl (C=O) groups is 1. The molecule has 1 amide bonds. The second-order valence-electron chi connectivity index (χ2n) is 9.11. The molecule has 0 bridgehead atoms. The molecule has 0 unspecified atom stereocenters. The summed E-state index contributed by atoms with van der Waals surface area (Å²) < 4.78 is 0. The van der Waals surface area contributed by atoms with E-state index in [4.69, 9.17) is 0 Å². The summed E-state index contributed by atoms with van der Waals surface area (Å²) in [5.74, 6) is -0.0821. The van der Waals surface area contributed by atoms with E-state index >= 15 is 0 Å². The average molecular weight is 452 g/mol. The van der Waals surface area contributed by atoms with Gasteiger partial charge in [0.15, 0.2) is 0 Å². The molecule has 3 N–H and O–H groups in total. The van der Waals surface area contributed by atoms with E-state index < -0.39 is 12.1 Å². The van der Waals surface area contributed by atoms with Gasteiger partial charge in [0.2, 0.25) is 5.91 Å². The summed E-state index contributed by atoms with van der Waals surface area (Å²) in [6.45, 7) is 4.21. The van der Waals surface area contributed by atoms with Crippen molar-refractivity contribution in [1.82, 2.24) is 5.32 Å². The molecule has 0 heterocycles. The van der Waals surface area contributed by atoms with Gasteiger partial charge in [-0.3, -0.25) is 4.79 Å². The summed E-state index contributed by atoms with van der Waals surface area (Å²) in [6, 6.07) is -0.629. The zero-order valence-electron chi connectivity index (χ0n) is 21.2. The third kappa shape index (κ3) is 20.8. The van der Waals surface area contributed by atoms with Gasteiger partial charge in [-0.25, -0.2) is 0 Å². The molecule has 0 spiro atoms. The zero-order chi connectivity index (χ0) is 23.7. The fourth-order valence-corrected chi connectivity index (χ4v) is 3.78. The smallest absolute Gasteiger partial charge is 0.220 e. The fourth-order valence-electron chi connectivity index (χ4n) is 3.78. The van der Waals surface area contributed by atoms with Crippen LogP contribution >= 0.6 is 0 Å². The minimum Gasteiger partial charge on any atom is -0.394 e. The van der Waals surface area contributed by atoms with E-state index in [1.54, 1.807) is 6.08 Å². The molecule has 0 aliphatic heterocycles. The monoisotopic (exact) mass is 451 g/mol. The predicted molar refractivity (Wildman–Crippen MR) is 138 cm³/mol. The van der Waals surface area contributed by atoms with Crippen LogP contribution in [0, 0.1) is 0 Å². The summed E-state index contributed by atoms with van der Waals surface area (Å²) in [5.41, 5.74) is 0. The highest BCUT2D eigenvalue weighted by Crippen LogP contribution is 2.11. The lowest BCUT2D eigenvalue weighted by atomic mass is 10.1. The highest BCUT2D eigenvalue weighted by Gasteiger charge is 2.17. The Hall–Kier alpha value is -1.13. The molecule has 0 saturated carbocycles. The Labute approximate surface area is 199 Å². The molecular formula is C28H53NO3. The molecule has 2 atom stereocenters. The second kappa shape index (κ2) is 24.5. The van der Waals surface area contributed by atoms with Gasteiger partial charge in [0.05, 0.1) is 18.8 Å². The van der Waals surface area contributed by atoms with E-state index in [0.717, 1.165) is 32.1 Å². The van der Waals surface area contributed by atoms with Crippen LogP contribution in [0.3, 0.4) is 0 Å². The van der Waals surface area contributed by atoms with Gasteiger partial charge in [-0.1, -0.05) is 115 Å². The molecule has 0 aromatic heterocycles. The van der Waals surface area contributed by atoms with Crippen LogP contribution in [-0.2, 0) is 4.79 Å². The van der Waals surface area contributed by atoms with E-state index in [9.17, 15) is 15.0 Å². The topological polar surface area (TPSA) is 69.6 Å². The maximum atomic E-state index is 12.1. The first-order chi connectivity index (χ1) is 15.7. The molecule has 4 heteroatoms. The Morgan fingerprint density at radius 2 is 1.22 bits per heavy atom. The number of hydrogen-bond acceptors (Lipinski definition) is 3. The van der Waals surface area contributed by atoms with E-state index in [0.29, 0.717) is 6.42 Å². The summed E-state index contributed by atoms with van der Waals surface area (Å²) in [6.07, 6.45) is 28.2. The molecule has 4 nitrogen and oxygen atoms in total. The SMILES string of the molecule is CCCCCCC/C=C/CC/C=C/[C@@H](O)[C@H](CO)NC(=O)CCCCCCCCCCC. The van der Waals surface area contributed by atoms with Crippen molar-refractivity contribution in [2.75, 3.05) is 6.61 Å². The molecule has 0 fully saturated rings. The van der Waals surface area contributed by atoms with Gasteiger partial charge < -0.3 is 15.5 Å². The number of carbonyl (C=O) groups excluding carboxylic acids is 1. The first-order valence-electron chi connectivity index (χ1n) is 13.6. The third-order valence-electron chi connectivity index (χ3n) is 5.94. The molecule has 0 rings (SSSR count). The second-order valence-corrected chi connectivity index (χ2v) is 9.11. The maximum absolute atomic E-state index is 12.1. The molecule has 0 aliphatic carbocycles. The van der Waals surface area contributed by atoms with Crippen molar-refractivity contribution in [3.05, 3.63) is 24.3 Å². The minimum atomic E-state index is -0.852. The molecule has 0 saturated heterocycles. The molecule has 32 heavy (non-hydrogen) atoms. The summed E-state index contributed by atoms with van der Waals surface area (Å²) in [4.78, 5) is 12.1. The number of allylic oxidation sites excluding steroid dienone is 3. The van der Waals surface area contributed by atoms with Gasteiger partial charge in [-0.05, 0) is 32.1 Å². The number of nitrogens with one attached hydrogen (secondary N) is 1.